The van der Waals surface area contributed by atoms with Gasteiger partial charge in [0.05, 0.1) is 0 Å². The molecule has 0 amide bonds. The molecule has 0 N–H and O–H groups in total. The Bertz CT molecular complexity index is 8.00. The van der Waals surface area contributed by atoms with Gasteiger partial charge in [0.2, 0.25) is 0 Å². The SMILES string of the molecule is [CH3][Au]([CH3])[CH3]. The van der Waals surface area contributed by atoms with Crippen LogP contribution in [0.2, 0.25) is 15.4 Å². The van der Waals surface area contributed by atoms with Gasteiger partial charge in [0.1, 0.15) is 0 Å². The van der Waals surface area contributed by atoms with Crippen molar-refractivity contribution >= 4 is 0 Å². The molecular formula is C3H9Au. The van der Waals surface area contributed by atoms with Crippen molar-refractivity contribution in [1.82, 2.24) is 0 Å². The molecule has 0 heterocycles. The Kier molecular flexibility index (Phi) is 2.38. The summed E-state index contributed by atoms with van der Waals surface area (Å²) >= 11 is -0.204. The maximum absolute atomic E-state index is 2.31. The van der Waals surface area contributed by atoms with Crippen molar-refractivity contribution in [1.29, 1.82) is 0 Å². The van der Waals surface area contributed by atoms with Crippen LogP contribution in [-0.2, 0) is 18.4 Å². The first-order valence-corrected chi connectivity index (χ1v) is 7.40. The van der Waals surface area contributed by atoms with Crippen LogP contribution in [0, 0.1) is 0 Å². The standard InChI is InChI=1S/3CH3.Au/h3*1H3;. The Labute approximate surface area is 34.3 Å². The van der Waals surface area contributed by atoms with E-state index in [0.29, 0.717) is 0 Å². The van der Waals surface area contributed by atoms with Crippen LogP contribution < -0.4 is 0 Å². The van der Waals surface area contributed by atoms with Crippen LogP contribution in [0.15, 0.2) is 0 Å². The zero-order valence-electron chi connectivity index (χ0n) is 3.30. The van der Waals surface area contributed by atoms with E-state index in [1.807, 2.05) is 0 Å². The molecule has 1 heteroatoms. The van der Waals surface area contributed by atoms with E-state index in [9.17, 15) is 0 Å². The van der Waals surface area contributed by atoms with Gasteiger partial charge < -0.3 is 0 Å². The van der Waals surface area contributed by atoms with Gasteiger partial charge in [-0.3, -0.25) is 0 Å². The molecule has 0 radical (unpaired) electrons. The fourth-order valence-corrected chi connectivity index (χ4v) is 0. The third-order valence-electron chi connectivity index (χ3n) is 0. The summed E-state index contributed by atoms with van der Waals surface area (Å²) in [7, 11) is 0. The molecule has 32 valence electrons. The van der Waals surface area contributed by atoms with Crippen molar-refractivity contribution in [3.63, 3.8) is 0 Å². The van der Waals surface area contributed by atoms with E-state index >= 15 is 0 Å². The van der Waals surface area contributed by atoms with Gasteiger partial charge in [-0.15, -0.1) is 0 Å². The molecule has 0 fully saturated rings. The normalized spacial score (nSPS) is 11.2. The molecule has 0 atom stereocenters. The van der Waals surface area contributed by atoms with E-state index in [2.05, 4.69) is 15.4 Å². The molecule has 0 saturated carbocycles. The Morgan fingerprint density at radius 2 is 1.00 bits per heavy atom. The molecule has 0 nitrogen and oxygen atoms in total. The van der Waals surface area contributed by atoms with Crippen LogP contribution in [0.4, 0.5) is 0 Å². The second-order valence-electron chi connectivity index (χ2n) is 0.905. The summed E-state index contributed by atoms with van der Waals surface area (Å²) < 4.78 is 0. The van der Waals surface area contributed by atoms with Crippen molar-refractivity contribution < 1.29 is 18.4 Å². The maximum atomic E-state index is 2.31. The molecule has 0 aromatic heterocycles. The summed E-state index contributed by atoms with van der Waals surface area (Å²) in [6, 6.07) is 0. The molecule has 0 aliphatic carbocycles. The monoisotopic (exact) mass is 242 g/mol. The average Bonchev–Trinajstić information content (AvgIpc) is 0.811. The first-order chi connectivity index (χ1) is 1.73. The second-order valence-corrected chi connectivity index (χ2v) is 7.40. The van der Waals surface area contributed by atoms with Crippen LogP contribution in [0.3, 0.4) is 0 Å². The minimum atomic E-state index is -0.204. The van der Waals surface area contributed by atoms with Gasteiger partial charge >= 0.3 is 33.9 Å². The fraction of sp³-hybridized carbons (Fsp3) is 1.00. The molecule has 0 spiro atoms. The van der Waals surface area contributed by atoms with Gasteiger partial charge in [0, 0.05) is 0 Å². The molecule has 0 rings (SSSR count). The molecule has 0 aromatic carbocycles. The predicted octanol–water partition coefficient (Wildman–Crippen LogP) is 1.75. The third kappa shape index (κ3) is 15.1. The van der Waals surface area contributed by atoms with Crippen molar-refractivity contribution in [3.8, 4) is 0 Å². The summed E-state index contributed by atoms with van der Waals surface area (Å²) in [4.78, 5) is 0. The topological polar surface area (TPSA) is 0 Å². The van der Waals surface area contributed by atoms with Gasteiger partial charge in [-0.25, -0.2) is 0 Å². The number of hydrogen-bond donors (Lipinski definition) is 0. The molecule has 0 bridgehead atoms. The molecule has 4 heavy (non-hydrogen) atoms. The Balaban J connectivity index is 2.32. The van der Waals surface area contributed by atoms with E-state index in [1.54, 1.807) is 0 Å². The predicted molar refractivity (Wildman–Crippen MR) is 17.6 cm³/mol. The van der Waals surface area contributed by atoms with Crippen LogP contribution in [0.25, 0.3) is 0 Å². The van der Waals surface area contributed by atoms with Gasteiger partial charge in [-0.2, -0.15) is 0 Å². The molecular weight excluding hydrogens is 233 g/mol. The fourth-order valence-electron chi connectivity index (χ4n) is 0. The summed E-state index contributed by atoms with van der Waals surface area (Å²) in [5, 5.41) is 6.94. The molecule has 0 aromatic rings. The van der Waals surface area contributed by atoms with Crippen LogP contribution in [0.1, 0.15) is 0 Å². The van der Waals surface area contributed by atoms with E-state index in [4.69, 9.17) is 0 Å². The first-order valence-electron chi connectivity index (χ1n) is 0.905. The molecule has 0 unspecified atom stereocenters. The van der Waals surface area contributed by atoms with Gasteiger partial charge in [-0.05, 0) is 0 Å². The Hall–Kier alpha value is 0.740. The van der Waals surface area contributed by atoms with Crippen molar-refractivity contribution in [2.24, 2.45) is 0 Å². The Morgan fingerprint density at radius 1 is 1.00 bits per heavy atom. The summed E-state index contributed by atoms with van der Waals surface area (Å²) in [5.74, 6) is 0. The minimum absolute atomic E-state index is 0.204. The van der Waals surface area contributed by atoms with E-state index in [-0.39, 0.29) is 18.4 Å². The third-order valence-corrected chi connectivity index (χ3v) is 0. The zero-order chi connectivity index (χ0) is 3.58. The van der Waals surface area contributed by atoms with Crippen molar-refractivity contribution in [2.45, 2.75) is 15.4 Å². The molecule has 0 aliphatic rings. The van der Waals surface area contributed by atoms with Gasteiger partial charge in [-0.1, -0.05) is 0 Å². The van der Waals surface area contributed by atoms with Crippen LogP contribution >= 0.6 is 0 Å². The number of hydrogen-bond acceptors (Lipinski definition) is 0. The van der Waals surface area contributed by atoms with Gasteiger partial charge in [0.15, 0.2) is 0 Å². The van der Waals surface area contributed by atoms with E-state index in [0.717, 1.165) is 0 Å². The molecule has 0 saturated heterocycles. The summed E-state index contributed by atoms with van der Waals surface area (Å²) in [5.41, 5.74) is 0. The zero-order valence-corrected chi connectivity index (χ0v) is 5.47. The number of rotatable bonds is 0. The van der Waals surface area contributed by atoms with Crippen molar-refractivity contribution in [3.05, 3.63) is 0 Å². The van der Waals surface area contributed by atoms with E-state index < -0.39 is 0 Å². The average molecular weight is 242 g/mol. The van der Waals surface area contributed by atoms with Crippen LogP contribution in [-0.4, -0.2) is 0 Å². The Morgan fingerprint density at radius 3 is 1.00 bits per heavy atom. The summed E-state index contributed by atoms with van der Waals surface area (Å²) in [6.07, 6.45) is 0. The van der Waals surface area contributed by atoms with E-state index in [1.165, 1.54) is 0 Å². The van der Waals surface area contributed by atoms with Gasteiger partial charge in [0.25, 0.3) is 0 Å². The summed E-state index contributed by atoms with van der Waals surface area (Å²) in [6.45, 7) is 0. The first kappa shape index (κ1) is 4.74. The van der Waals surface area contributed by atoms with Crippen molar-refractivity contribution in [2.75, 3.05) is 0 Å². The molecule has 0 aliphatic heterocycles. The quantitative estimate of drug-likeness (QED) is 0.568. The van der Waals surface area contributed by atoms with Crippen LogP contribution in [0.5, 0.6) is 0 Å². The second kappa shape index (κ2) is 2.01.